The first-order valence-electron chi connectivity index (χ1n) is 4.67. The van der Waals surface area contributed by atoms with E-state index in [-0.39, 0.29) is 11.9 Å². The second kappa shape index (κ2) is 3.73. The van der Waals surface area contributed by atoms with Crippen LogP contribution in [0.4, 0.5) is 0 Å². The van der Waals surface area contributed by atoms with Crippen LogP contribution in [0.3, 0.4) is 0 Å². The Kier molecular flexibility index (Phi) is 2.59. The lowest BCUT2D eigenvalue weighted by Gasteiger charge is -2.16. The Morgan fingerprint density at radius 2 is 2.21 bits per heavy atom. The Bertz CT molecular complexity index is 364. The van der Waals surface area contributed by atoms with Gasteiger partial charge < -0.3 is 5.32 Å². The summed E-state index contributed by atoms with van der Waals surface area (Å²) in [5.41, 5.74) is 2.57. The zero-order valence-corrected chi connectivity index (χ0v) is 9.54. The number of hydrogen-bond acceptors (Lipinski definition) is 1. The zero-order valence-electron chi connectivity index (χ0n) is 7.96. The summed E-state index contributed by atoms with van der Waals surface area (Å²) in [6.45, 7) is 1.56. The average molecular weight is 254 g/mol. The van der Waals surface area contributed by atoms with Crippen molar-refractivity contribution in [2.45, 2.75) is 24.2 Å². The molecular weight excluding hydrogens is 242 g/mol. The molecule has 0 saturated carbocycles. The minimum absolute atomic E-state index is 0.0242. The van der Waals surface area contributed by atoms with E-state index in [1.807, 2.05) is 12.1 Å². The molecule has 1 N–H and O–H groups in total. The molecule has 1 aromatic carbocycles. The molecule has 2 nitrogen and oxygen atoms in total. The van der Waals surface area contributed by atoms with Crippen LogP contribution in [0.1, 0.15) is 24.1 Å². The fourth-order valence-electron chi connectivity index (χ4n) is 1.93. The number of nitrogens with one attached hydrogen (secondary N) is 1. The predicted molar refractivity (Wildman–Crippen MR) is 59.4 cm³/mol. The number of carbonyl (C=O) groups is 1. The van der Waals surface area contributed by atoms with Gasteiger partial charge in [0, 0.05) is 11.8 Å². The average Bonchev–Trinajstić information content (AvgIpc) is 2.43. The predicted octanol–water partition coefficient (Wildman–Crippen LogP) is 2.18. The van der Waals surface area contributed by atoms with Crippen molar-refractivity contribution in [1.82, 2.24) is 5.32 Å². The molecule has 1 aliphatic rings. The van der Waals surface area contributed by atoms with Crippen LogP contribution in [0.2, 0.25) is 0 Å². The molecule has 0 radical (unpaired) electrons. The van der Waals surface area contributed by atoms with E-state index in [1.54, 1.807) is 6.92 Å². The molecule has 1 aromatic rings. The van der Waals surface area contributed by atoms with Crippen LogP contribution >= 0.6 is 15.9 Å². The molecule has 0 aliphatic heterocycles. The summed E-state index contributed by atoms with van der Waals surface area (Å²) in [4.78, 5) is 11.3. The van der Waals surface area contributed by atoms with Crippen molar-refractivity contribution in [3.63, 3.8) is 0 Å². The van der Waals surface area contributed by atoms with E-state index in [2.05, 4.69) is 33.4 Å². The third-order valence-corrected chi connectivity index (χ3v) is 3.38. The van der Waals surface area contributed by atoms with E-state index < -0.39 is 0 Å². The second-order valence-electron chi connectivity index (χ2n) is 3.60. The Morgan fingerprint density at radius 1 is 1.50 bits per heavy atom. The number of hydrogen-bond donors (Lipinski definition) is 1. The van der Waals surface area contributed by atoms with Gasteiger partial charge in [-0.25, -0.2) is 0 Å². The van der Waals surface area contributed by atoms with Crippen LogP contribution in [-0.2, 0) is 11.2 Å². The Hall–Kier alpha value is -0.830. The quantitative estimate of drug-likeness (QED) is 0.764. The number of benzene rings is 1. The first-order chi connectivity index (χ1) is 6.68. The van der Waals surface area contributed by atoms with Gasteiger partial charge in [0.05, 0.1) is 6.04 Å². The van der Waals surface area contributed by atoms with Gasteiger partial charge in [-0.15, -0.1) is 0 Å². The summed E-state index contributed by atoms with van der Waals surface area (Å²) in [5, 5.41) is 2.96. The minimum atomic E-state index is 0.0242. The van der Waals surface area contributed by atoms with Crippen molar-refractivity contribution in [3.05, 3.63) is 35.4 Å². The molecule has 0 bridgehead atoms. The van der Waals surface area contributed by atoms with Gasteiger partial charge >= 0.3 is 0 Å². The van der Waals surface area contributed by atoms with E-state index in [0.717, 1.165) is 6.42 Å². The minimum Gasteiger partial charge on any atom is -0.348 e. The summed E-state index contributed by atoms with van der Waals surface area (Å²) in [6.07, 6.45) is 0.987. The Labute approximate surface area is 91.8 Å². The van der Waals surface area contributed by atoms with Crippen molar-refractivity contribution in [2.24, 2.45) is 0 Å². The molecule has 0 aromatic heterocycles. The van der Waals surface area contributed by atoms with Crippen molar-refractivity contribution in [1.29, 1.82) is 0 Å². The van der Waals surface area contributed by atoms with Crippen molar-refractivity contribution in [2.75, 3.05) is 0 Å². The van der Waals surface area contributed by atoms with Gasteiger partial charge in [0.1, 0.15) is 0 Å². The molecule has 0 saturated heterocycles. The van der Waals surface area contributed by atoms with Gasteiger partial charge in [-0.2, -0.15) is 0 Å². The van der Waals surface area contributed by atoms with Gasteiger partial charge in [-0.1, -0.05) is 40.2 Å². The lowest BCUT2D eigenvalue weighted by molar-refractivity contribution is -0.119. The Balaban J connectivity index is 2.30. The second-order valence-corrected chi connectivity index (χ2v) is 4.77. The molecule has 2 atom stereocenters. The lowest BCUT2D eigenvalue weighted by atomic mass is 10.1. The third kappa shape index (κ3) is 1.69. The van der Waals surface area contributed by atoms with Crippen molar-refractivity contribution in [3.8, 4) is 0 Å². The van der Waals surface area contributed by atoms with Crippen LogP contribution in [-0.4, -0.2) is 10.7 Å². The van der Waals surface area contributed by atoms with Gasteiger partial charge in [0.2, 0.25) is 5.91 Å². The highest BCUT2D eigenvalue weighted by Crippen LogP contribution is 2.35. The summed E-state index contributed by atoms with van der Waals surface area (Å²) < 4.78 is 0. The number of amides is 1. The maximum atomic E-state index is 11.0. The lowest BCUT2D eigenvalue weighted by Crippen LogP contribution is -2.29. The smallest absolute Gasteiger partial charge is 0.217 e. The molecule has 1 amide bonds. The standard InChI is InChI=1S/C11H12BrNO/c1-7(14)13-11-9-5-3-2-4-8(9)6-10(11)12/h2-5,10-11H,6H2,1H3,(H,13,14)/t10-,11-/m1/s1. The molecule has 0 heterocycles. The van der Waals surface area contributed by atoms with Crippen LogP contribution in [0.5, 0.6) is 0 Å². The maximum absolute atomic E-state index is 11.0. The SMILES string of the molecule is CC(=O)N[C@@H]1c2ccccc2C[C@H]1Br. The van der Waals surface area contributed by atoms with Gasteiger partial charge in [0.25, 0.3) is 0 Å². The van der Waals surface area contributed by atoms with Gasteiger partial charge in [-0.05, 0) is 17.5 Å². The van der Waals surface area contributed by atoms with Crippen LogP contribution in [0.25, 0.3) is 0 Å². The zero-order chi connectivity index (χ0) is 10.1. The molecule has 0 unspecified atom stereocenters. The topological polar surface area (TPSA) is 29.1 Å². The van der Waals surface area contributed by atoms with E-state index in [0.29, 0.717) is 4.83 Å². The van der Waals surface area contributed by atoms with Crippen LogP contribution < -0.4 is 5.32 Å². The fraction of sp³-hybridized carbons (Fsp3) is 0.364. The monoisotopic (exact) mass is 253 g/mol. The van der Waals surface area contributed by atoms with E-state index in [4.69, 9.17) is 0 Å². The van der Waals surface area contributed by atoms with Crippen LogP contribution in [0.15, 0.2) is 24.3 Å². The highest BCUT2D eigenvalue weighted by molar-refractivity contribution is 9.09. The number of carbonyl (C=O) groups excluding carboxylic acids is 1. The third-order valence-electron chi connectivity index (χ3n) is 2.53. The number of fused-ring (bicyclic) bond motifs is 1. The van der Waals surface area contributed by atoms with E-state index in [9.17, 15) is 4.79 Å². The van der Waals surface area contributed by atoms with E-state index in [1.165, 1.54) is 11.1 Å². The van der Waals surface area contributed by atoms with Gasteiger partial charge in [0.15, 0.2) is 0 Å². The highest BCUT2D eigenvalue weighted by Gasteiger charge is 2.30. The molecule has 0 spiro atoms. The summed E-state index contributed by atoms with van der Waals surface area (Å²) in [5.74, 6) is 0.0242. The molecule has 2 rings (SSSR count). The molecular formula is C11H12BrNO. The maximum Gasteiger partial charge on any atom is 0.217 e. The first-order valence-corrected chi connectivity index (χ1v) is 5.59. The van der Waals surface area contributed by atoms with Crippen molar-refractivity contribution < 1.29 is 4.79 Å². The van der Waals surface area contributed by atoms with Crippen LogP contribution in [0, 0.1) is 0 Å². The molecule has 1 aliphatic carbocycles. The molecule has 74 valence electrons. The number of alkyl halides is 1. The normalized spacial score (nSPS) is 24.4. The van der Waals surface area contributed by atoms with E-state index >= 15 is 0 Å². The van der Waals surface area contributed by atoms with Gasteiger partial charge in [-0.3, -0.25) is 4.79 Å². The number of halogens is 1. The first kappa shape index (κ1) is 9.71. The Morgan fingerprint density at radius 3 is 2.93 bits per heavy atom. The summed E-state index contributed by atoms with van der Waals surface area (Å²) in [7, 11) is 0. The van der Waals surface area contributed by atoms with Crippen molar-refractivity contribution >= 4 is 21.8 Å². The summed E-state index contributed by atoms with van der Waals surface area (Å²) in [6, 6.07) is 8.37. The summed E-state index contributed by atoms with van der Waals surface area (Å²) >= 11 is 3.60. The molecule has 0 fully saturated rings. The fourth-order valence-corrected chi connectivity index (χ4v) is 2.70. The largest absolute Gasteiger partial charge is 0.348 e. The molecule has 14 heavy (non-hydrogen) atoms. The number of rotatable bonds is 1. The highest BCUT2D eigenvalue weighted by atomic mass is 79.9. The molecule has 3 heteroatoms.